The van der Waals surface area contributed by atoms with E-state index in [9.17, 15) is 13.2 Å². The molecule has 2 aliphatic rings. The highest BCUT2D eigenvalue weighted by molar-refractivity contribution is 7.90. The van der Waals surface area contributed by atoms with Crippen molar-refractivity contribution >= 4 is 16.0 Å². The van der Waals surface area contributed by atoms with E-state index in [2.05, 4.69) is 10.1 Å². The number of fused-ring (bicyclic) bond motifs is 2. The fourth-order valence-corrected chi connectivity index (χ4v) is 4.19. The predicted octanol–water partition coefficient (Wildman–Crippen LogP) is -0.296. The maximum Gasteiger partial charge on any atom is 0.325 e. The molecule has 2 fully saturated rings. The lowest BCUT2D eigenvalue weighted by Gasteiger charge is -2.25. The maximum atomic E-state index is 12.3. The lowest BCUT2D eigenvalue weighted by atomic mass is 10.1. The lowest BCUT2D eigenvalue weighted by molar-refractivity contribution is -0.139. The molecule has 7 heteroatoms. The first-order valence-electron chi connectivity index (χ1n) is 6.28. The summed E-state index contributed by atoms with van der Waals surface area (Å²) in [6.45, 7) is 2.33. The van der Waals surface area contributed by atoms with Crippen molar-refractivity contribution in [3.8, 4) is 0 Å². The van der Waals surface area contributed by atoms with E-state index in [1.165, 1.54) is 18.3 Å². The molecule has 0 saturated carbocycles. The van der Waals surface area contributed by atoms with Gasteiger partial charge >= 0.3 is 5.97 Å². The average Bonchev–Trinajstić information content (AvgIpc) is 2.66. The quantitative estimate of drug-likeness (QED) is 0.717. The molecule has 0 aliphatic carbocycles. The molecule has 0 radical (unpaired) electrons. The molecule has 0 amide bonds. The van der Waals surface area contributed by atoms with Gasteiger partial charge in [0.05, 0.1) is 7.11 Å². The molecular weight excluding hydrogens is 256 g/mol. The van der Waals surface area contributed by atoms with Gasteiger partial charge in [-0.1, -0.05) is 0 Å². The number of nitrogens with one attached hydrogen (secondary N) is 1. The summed E-state index contributed by atoms with van der Waals surface area (Å²) in [7, 11) is -2.39. The number of nitrogens with zero attached hydrogens (tertiary/aromatic N) is 1. The molecule has 0 aromatic carbocycles. The van der Waals surface area contributed by atoms with Crippen LogP contribution in [-0.2, 0) is 19.6 Å². The normalized spacial score (nSPS) is 30.8. The van der Waals surface area contributed by atoms with Crippen LogP contribution in [0.1, 0.15) is 26.2 Å². The smallest absolute Gasteiger partial charge is 0.325 e. The fraction of sp³-hybridized carbons (Fsp3) is 0.909. The Morgan fingerprint density at radius 2 is 2.00 bits per heavy atom. The minimum absolute atomic E-state index is 0.220. The highest BCUT2D eigenvalue weighted by Crippen LogP contribution is 2.23. The van der Waals surface area contributed by atoms with Crippen molar-refractivity contribution in [3.63, 3.8) is 0 Å². The van der Waals surface area contributed by atoms with Gasteiger partial charge in [0.1, 0.15) is 0 Å². The van der Waals surface area contributed by atoms with Crippen LogP contribution in [0.4, 0.5) is 0 Å². The van der Waals surface area contributed by atoms with E-state index in [0.29, 0.717) is 19.1 Å². The van der Waals surface area contributed by atoms with Gasteiger partial charge in [0.25, 0.3) is 0 Å². The summed E-state index contributed by atoms with van der Waals surface area (Å²) in [6.07, 6.45) is 2.93. The molecule has 6 nitrogen and oxygen atoms in total. The first-order chi connectivity index (χ1) is 8.45. The van der Waals surface area contributed by atoms with Crippen LogP contribution in [-0.4, -0.2) is 56.2 Å². The molecular formula is C11H20N2O4S. The van der Waals surface area contributed by atoms with Gasteiger partial charge in [0.15, 0.2) is 5.25 Å². The van der Waals surface area contributed by atoms with Crippen molar-refractivity contribution in [2.45, 2.75) is 43.5 Å². The molecule has 2 bridgehead atoms. The average molecular weight is 276 g/mol. The number of hydrogen-bond acceptors (Lipinski definition) is 5. The number of hydrogen-bond donors (Lipinski definition) is 1. The van der Waals surface area contributed by atoms with Gasteiger partial charge in [0.2, 0.25) is 10.0 Å². The second kappa shape index (κ2) is 5.14. The number of rotatable bonds is 3. The second-order valence-electron chi connectivity index (χ2n) is 4.99. The number of ether oxygens (including phenoxy) is 1. The molecule has 1 N–H and O–H groups in total. The zero-order valence-electron chi connectivity index (χ0n) is 10.8. The minimum Gasteiger partial charge on any atom is -0.468 e. The number of methoxy groups -OCH3 is 1. The Morgan fingerprint density at radius 3 is 2.67 bits per heavy atom. The highest BCUT2D eigenvalue weighted by atomic mass is 32.2. The Balaban J connectivity index is 2.12. The van der Waals surface area contributed by atoms with E-state index < -0.39 is 21.2 Å². The van der Waals surface area contributed by atoms with Crippen LogP contribution in [0.2, 0.25) is 0 Å². The summed E-state index contributed by atoms with van der Waals surface area (Å²) in [4.78, 5) is 11.4. The third-order valence-electron chi connectivity index (χ3n) is 3.83. The summed E-state index contributed by atoms with van der Waals surface area (Å²) in [5.41, 5.74) is 0. The SMILES string of the molecule is COC(=O)C(C)S(=O)(=O)N1CCC2CCC(C1)N2. The van der Waals surface area contributed by atoms with Gasteiger partial charge < -0.3 is 10.1 Å². The molecule has 0 aromatic heterocycles. The monoisotopic (exact) mass is 276 g/mol. The van der Waals surface area contributed by atoms with Crippen molar-refractivity contribution < 1.29 is 17.9 Å². The van der Waals surface area contributed by atoms with Gasteiger partial charge in [0, 0.05) is 25.2 Å². The van der Waals surface area contributed by atoms with Crippen LogP contribution in [0.3, 0.4) is 0 Å². The Bertz CT molecular complexity index is 423. The number of esters is 1. The molecule has 2 rings (SSSR count). The van der Waals surface area contributed by atoms with E-state index in [1.54, 1.807) is 0 Å². The van der Waals surface area contributed by atoms with Gasteiger partial charge in [-0.05, 0) is 26.2 Å². The Morgan fingerprint density at radius 1 is 1.33 bits per heavy atom. The summed E-state index contributed by atoms with van der Waals surface area (Å²) in [6, 6.07) is 0.640. The van der Waals surface area contributed by atoms with E-state index in [0.717, 1.165) is 19.3 Å². The Labute approximate surface area is 108 Å². The Kier molecular flexibility index (Phi) is 3.93. The van der Waals surface area contributed by atoms with E-state index >= 15 is 0 Å². The Hall–Kier alpha value is -0.660. The predicted molar refractivity (Wildman–Crippen MR) is 66.5 cm³/mol. The van der Waals surface area contributed by atoms with Crippen LogP contribution in [0.25, 0.3) is 0 Å². The molecule has 2 heterocycles. The van der Waals surface area contributed by atoms with Crippen molar-refractivity contribution in [2.75, 3.05) is 20.2 Å². The first-order valence-corrected chi connectivity index (χ1v) is 7.78. The minimum atomic E-state index is -3.60. The highest BCUT2D eigenvalue weighted by Gasteiger charge is 2.39. The third kappa shape index (κ3) is 2.53. The number of carbonyl (C=O) groups excluding carboxylic acids is 1. The first kappa shape index (κ1) is 13.8. The van der Waals surface area contributed by atoms with E-state index in [-0.39, 0.29) is 6.04 Å². The van der Waals surface area contributed by atoms with Crippen LogP contribution in [0.5, 0.6) is 0 Å². The summed E-state index contributed by atoms with van der Waals surface area (Å²) >= 11 is 0. The van der Waals surface area contributed by atoms with E-state index in [1.807, 2.05) is 0 Å². The number of sulfonamides is 1. The van der Waals surface area contributed by atoms with Gasteiger partial charge in [-0.15, -0.1) is 0 Å². The van der Waals surface area contributed by atoms with Crippen LogP contribution in [0, 0.1) is 0 Å². The topological polar surface area (TPSA) is 75.7 Å². The van der Waals surface area contributed by atoms with Crippen LogP contribution < -0.4 is 5.32 Å². The third-order valence-corrected chi connectivity index (χ3v) is 5.96. The fourth-order valence-electron chi connectivity index (χ4n) is 2.65. The van der Waals surface area contributed by atoms with Crippen molar-refractivity contribution in [3.05, 3.63) is 0 Å². The molecule has 3 unspecified atom stereocenters. The standard InChI is InChI=1S/C11H20N2O4S/c1-8(11(14)17-2)18(15,16)13-6-5-9-3-4-10(7-13)12-9/h8-10,12H,3-7H2,1-2H3. The molecule has 18 heavy (non-hydrogen) atoms. The summed E-state index contributed by atoms with van der Waals surface area (Å²) < 4.78 is 30.6. The largest absolute Gasteiger partial charge is 0.468 e. The van der Waals surface area contributed by atoms with Crippen LogP contribution in [0.15, 0.2) is 0 Å². The van der Waals surface area contributed by atoms with Crippen LogP contribution >= 0.6 is 0 Å². The summed E-state index contributed by atoms with van der Waals surface area (Å²) in [5.74, 6) is -0.697. The molecule has 0 aromatic rings. The zero-order chi connectivity index (χ0) is 13.3. The molecule has 104 valence electrons. The second-order valence-corrected chi connectivity index (χ2v) is 7.25. The van der Waals surface area contributed by atoms with Gasteiger partial charge in [-0.3, -0.25) is 4.79 Å². The molecule has 2 saturated heterocycles. The number of carbonyl (C=O) groups is 1. The summed E-state index contributed by atoms with van der Waals surface area (Å²) in [5, 5.41) is 2.29. The zero-order valence-corrected chi connectivity index (χ0v) is 11.6. The lowest BCUT2D eigenvalue weighted by Crippen LogP contribution is -2.45. The van der Waals surface area contributed by atoms with Crippen molar-refractivity contribution in [1.29, 1.82) is 0 Å². The molecule has 0 spiro atoms. The van der Waals surface area contributed by atoms with Gasteiger partial charge in [-0.2, -0.15) is 4.31 Å². The molecule has 2 aliphatic heterocycles. The van der Waals surface area contributed by atoms with E-state index in [4.69, 9.17) is 0 Å². The van der Waals surface area contributed by atoms with Crippen molar-refractivity contribution in [2.24, 2.45) is 0 Å². The molecule has 3 atom stereocenters. The van der Waals surface area contributed by atoms with Gasteiger partial charge in [-0.25, -0.2) is 8.42 Å². The van der Waals surface area contributed by atoms with Crippen molar-refractivity contribution in [1.82, 2.24) is 9.62 Å². The maximum absolute atomic E-state index is 12.3.